The second kappa shape index (κ2) is 23.2. The van der Waals surface area contributed by atoms with Gasteiger partial charge in [-0.05, 0) is 153 Å². The molecule has 0 spiro atoms. The van der Waals surface area contributed by atoms with Gasteiger partial charge in [-0.25, -0.2) is 0 Å². The molecule has 0 aliphatic carbocycles. The smallest absolute Gasteiger partial charge is 0.330 e. The van der Waals surface area contributed by atoms with Crippen LogP contribution < -0.4 is 0 Å². The van der Waals surface area contributed by atoms with Gasteiger partial charge in [-0.15, -0.1) is 0 Å². The molecule has 294 valence electrons. The van der Waals surface area contributed by atoms with Crippen LogP contribution in [0.5, 0.6) is 0 Å². The van der Waals surface area contributed by atoms with E-state index in [0.29, 0.717) is 0 Å². The number of hydrogen-bond acceptors (Lipinski definition) is 11. The first-order valence-corrected chi connectivity index (χ1v) is 37.3. The molecule has 1 fully saturated rings. The highest BCUT2D eigenvalue weighted by molar-refractivity contribution is 6.94. The Morgan fingerprint density at radius 2 is 0.562 bits per heavy atom. The minimum atomic E-state index is -1.77. The Balaban J connectivity index is -0.000000578. The SMILES string of the molecule is CN(C)[SiH](N(C)C)N(C)C.CN(C)[Si](N(C)C)(N(C)C)N(C)C.CN1[SiH](C)N(C)[SiH](C)N(C)[SiH](C)N(C)[SiH]1C.C[Si](C)(C)C[Si](C)(C)C. The van der Waals surface area contributed by atoms with Crippen molar-refractivity contribution in [3.05, 3.63) is 0 Å². The third-order valence-electron chi connectivity index (χ3n) is 9.56. The van der Waals surface area contributed by atoms with Gasteiger partial charge in [-0.1, -0.05) is 44.9 Å². The van der Waals surface area contributed by atoms with E-state index < -0.39 is 70.6 Å². The summed E-state index contributed by atoms with van der Waals surface area (Å²) in [4.78, 5) is 0. The molecule has 0 atom stereocenters. The van der Waals surface area contributed by atoms with Crippen LogP contribution >= 0.6 is 0 Å². The summed E-state index contributed by atoms with van der Waals surface area (Å²) in [6.07, 6.45) is 0. The van der Waals surface area contributed by atoms with Crippen molar-refractivity contribution in [2.75, 3.05) is 127 Å². The first kappa shape index (κ1) is 53.6. The van der Waals surface area contributed by atoms with E-state index in [1.165, 1.54) is 0 Å². The highest BCUT2D eigenvalue weighted by Crippen LogP contribution is 2.18. The summed E-state index contributed by atoms with van der Waals surface area (Å²) in [6.45, 7) is 24.8. The van der Waals surface area contributed by atoms with Crippen LogP contribution in [0.25, 0.3) is 0 Å². The molecule has 0 aromatic heterocycles. The quantitative estimate of drug-likeness (QED) is 0.318. The first-order valence-electron chi connectivity index (χ1n) is 17.8. The molecule has 0 amide bonds. The Hall–Kier alpha value is 1.30. The molecular formula is C29H91N11Si8. The molecule has 1 rings (SSSR count). The fourth-order valence-electron chi connectivity index (χ4n) is 7.77. The minimum absolute atomic E-state index is 0.731. The molecule has 1 heterocycles. The lowest BCUT2D eigenvalue weighted by Crippen LogP contribution is -2.77. The van der Waals surface area contributed by atoms with Gasteiger partial charge in [0.2, 0.25) is 0 Å². The van der Waals surface area contributed by atoms with Crippen LogP contribution in [0, 0.1) is 0 Å². The highest BCUT2D eigenvalue weighted by atomic mass is 28.4. The van der Waals surface area contributed by atoms with Crippen LogP contribution in [-0.4, -0.2) is 246 Å². The summed E-state index contributed by atoms with van der Waals surface area (Å²) < 4.78 is 27.3. The van der Waals surface area contributed by atoms with Crippen LogP contribution in [-0.2, 0) is 0 Å². The molecule has 0 unspecified atom stereocenters. The Morgan fingerprint density at radius 3 is 0.604 bits per heavy atom. The van der Waals surface area contributed by atoms with Gasteiger partial charge in [0.25, 0.3) is 9.28 Å². The van der Waals surface area contributed by atoms with Gasteiger partial charge in [0.05, 0.1) is 0 Å². The zero-order valence-electron chi connectivity index (χ0n) is 38.0. The molecule has 1 saturated heterocycles. The summed E-state index contributed by atoms with van der Waals surface area (Å²) >= 11 is 0. The maximum absolute atomic E-state index is 2.76. The summed E-state index contributed by atoms with van der Waals surface area (Å²) in [5.41, 5.74) is 1.57. The predicted octanol–water partition coefficient (Wildman–Crippen LogP) is 1.39. The Morgan fingerprint density at radius 1 is 0.396 bits per heavy atom. The van der Waals surface area contributed by atoms with Crippen molar-refractivity contribution in [2.24, 2.45) is 0 Å². The van der Waals surface area contributed by atoms with Gasteiger partial charge in [0.1, 0.15) is 0 Å². The van der Waals surface area contributed by atoms with E-state index >= 15 is 0 Å². The molecule has 0 radical (unpaired) electrons. The van der Waals surface area contributed by atoms with E-state index in [1.807, 2.05) is 0 Å². The lowest BCUT2D eigenvalue weighted by molar-refractivity contribution is 0.294. The molecule has 0 bridgehead atoms. The van der Waals surface area contributed by atoms with Crippen molar-refractivity contribution in [1.29, 1.82) is 0 Å². The van der Waals surface area contributed by atoms with Crippen LogP contribution in [0.3, 0.4) is 0 Å². The van der Waals surface area contributed by atoms with Crippen molar-refractivity contribution in [3.8, 4) is 0 Å². The van der Waals surface area contributed by atoms with E-state index in [4.69, 9.17) is 0 Å². The zero-order valence-corrected chi connectivity index (χ0v) is 46.8. The summed E-state index contributed by atoms with van der Waals surface area (Å²) in [6, 6.07) is 0. The van der Waals surface area contributed by atoms with Crippen molar-refractivity contribution < 1.29 is 0 Å². The lowest BCUT2D eigenvalue weighted by Gasteiger charge is -2.50. The normalized spacial score (nSPS) is 23.0. The van der Waals surface area contributed by atoms with E-state index in [9.17, 15) is 0 Å². The minimum Gasteiger partial charge on any atom is -0.330 e. The summed E-state index contributed by atoms with van der Waals surface area (Å²) in [7, 11) is 31.9. The first-order chi connectivity index (χ1) is 21.2. The van der Waals surface area contributed by atoms with Crippen LogP contribution in [0.4, 0.5) is 0 Å². The van der Waals surface area contributed by atoms with Crippen LogP contribution in [0.15, 0.2) is 0 Å². The monoisotopic (exact) mass is 818 g/mol. The third kappa shape index (κ3) is 17.9. The van der Waals surface area contributed by atoms with Gasteiger partial charge in [-0.3, -0.25) is 18.3 Å². The average Bonchev–Trinajstić information content (AvgIpc) is 2.86. The molecule has 1 aliphatic heterocycles. The molecule has 0 saturated carbocycles. The standard InChI is InChI=1S/C8H28N4Si4.C8H24N4Si.C7H20Si2.C6H19N3Si/c1-9-13(5)10(2)15(7)12(4)16(8)11(3)14(9)6;1-9(2)13(10(3)4,11(5)6)12(7)8;1-8(2,3)7-9(4,5)6;1-7(2)10(8(3)4)9(5)6/h13-16H,1-8H3;1-8H3;7H2,1-6H3;10H,1-6H3. The second-order valence-electron chi connectivity index (χ2n) is 17.9. The van der Waals surface area contributed by atoms with Crippen molar-refractivity contribution in [3.63, 3.8) is 0 Å². The van der Waals surface area contributed by atoms with Gasteiger partial charge in [0.15, 0.2) is 36.5 Å². The third-order valence-corrected chi connectivity index (χ3v) is 45.4. The molecular weight excluding hydrogens is 727 g/mol. The van der Waals surface area contributed by atoms with Crippen molar-refractivity contribution >= 4 is 70.6 Å². The predicted molar refractivity (Wildman–Crippen MR) is 243 cm³/mol. The topological polar surface area (TPSA) is 35.6 Å². The lowest BCUT2D eigenvalue weighted by atomic mass is 11.2. The fraction of sp³-hybridized carbons (Fsp3) is 1.00. The summed E-state index contributed by atoms with van der Waals surface area (Å²) in [5, 5.41) is 0. The maximum Gasteiger partial charge on any atom is 0.375 e. The van der Waals surface area contributed by atoms with E-state index in [-0.39, 0.29) is 0 Å². The average molecular weight is 819 g/mol. The summed E-state index contributed by atoms with van der Waals surface area (Å²) in [5.74, 6) is 0. The molecule has 48 heavy (non-hydrogen) atoms. The highest BCUT2D eigenvalue weighted by Gasteiger charge is 2.46. The fourth-order valence-corrected chi connectivity index (χ4v) is 47.3. The van der Waals surface area contributed by atoms with Gasteiger partial charge in [0, 0.05) is 16.1 Å². The van der Waals surface area contributed by atoms with Gasteiger partial charge >= 0.3 is 8.72 Å². The number of nitrogens with zero attached hydrogens (tertiary/aromatic N) is 11. The number of rotatable bonds is 9. The van der Waals surface area contributed by atoms with Crippen molar-refractivity contribution in [2.45, 2.75) is 71.1 Å². The molecule has 19 heteroatoms. The zero-order chi connectivity index (χ0) is 39.4. The van der Waals surface area contributed by atoms with Gasteiger partial charge in [-0.2, -0.15) is 0 Å². The molecule has 0 aromatic rings. The van der Waals surface area contributed by atoms with E-state index in [2.05, 4.69) is 241 Å². The van der Waals surface area contributed by atoms with Crippen LogP contribution in [0.1, 0.15) is 0 Å². The van der Waals surface area contributed by atoms with E-state index in [0.717, 1.165) is 0 Å². The number of hydrogen-bond donors (Lipinski definition) is 0. The van der Waals surface area contributed by atoms with Crippen molar-refractivity contribution in [1.82, 2.24) is 48.9 Å². The molecule has 11 nitrogen and oxygen atoms in total. The van der Waals surface area contributed by atoms with E-state index in [1.54, 1.807) is 5.67 Å². The van der Waals surface area contributed by atoms with Crippen LogP contribution in [0.2, 0.25) is 71.1 Å². The second-order valence-corrected chi connectivity index (χ2v) is 52.1. The maximum atomic E-state index is 2.76. The Labute approximate surface area is 316 Å². The molecule has 0 N–H and O–H groups in total. The largest absolute Gasteiger partial charge is 0.375 e. The molecule has 1 aliphatic rings. The Bertz CT molecular complexity index is 686. The Kier molecular flexibility index (Phi) is 25.9. The van der Waals surface area contributed by atoms with Gasteiger partial charge < -0.3 is 30.6 Å². The molecule has 0 aromatic carbocycles.